The van der Waals surface area contributed by atoms with Crippen molar-refractivity contribution in [3.05, 3.63) is 46.9 Å². The van der Waals surface area contributed by atoms with Crippen LogP contribution in [-0.4, -0.2) is 47.0 Å². The highest BCUT2D eigenvalue weighted by molar-refractivity contribution is 7.89. The van der Waals surface area contributed by atoms with E-state index < -0.39 is 21.8 Å². The van der Waals surface area contributed by atoms with Crippen LogP contribution in [0.5, 0.6) is 0 Å². The number of hydrogen-bond acceptors (Lipinski definition) is 6. The fourth-order valence-corrected chi connectivity index (χ4v) is 6.28. The highest BCUT2D eigenvalue weighted by Crippen LogP contribution is 2.32. The fourth-order valence-electron chi connectivity index (χ4n) is 4.81. The molecule has 1 aliphatic rings. The molecule has 1 fully saturated rings. The molecule has 0 aliphatic carbocycles. The summed E-state index contributed by atoms with van der Waals surface area (Å²) in [5.41, 5.74) is 8.75. The average Bonchev–Trinajstić information content (AvgIpc) is 3.23. The van der Waals surface area contributed by atoms with Crippen molar-refractivity contribution in [3.8, 4) is 0 Å². The highest BCUT2D eigenvalue weighted by Gasteiger charge is 2.33. The molecule has 0 unspecified atom stereocenters. The van der Waals surface area contributed by atoms with Crippen molar-refractivity contribution in [2.75, 3.05) is 25.4 Å². The minimum atomic E-state index is -4.51. The van der Waals surface area contributed by atoms with Gasteiger partial charge in [0, 0.05) is 31.9 Å². The van der Waals surface area contributed by atoms with Crippen LogP contribution in [0.4, 0.5) is 19.0 Å². The van der Waals surface area contributed by atoms with Crippen molar-refractivity contribution >= 4 is 26.9 Å². The Labute approximate surface area is 214 Å². The van der Waals surface area contributed by atoms with Crippen LogP contribution in [-0.2, 0) is 34.1 Å². The minimum Gasteiger partial charge on any atom is -0.382 e. The van der Waals surface area contributed by atoms with Crippen molar-refractivity contribution in [1.82, 2.24) is 18.8 Å². The number of sulfonamides is 1. The van der Waals surface area contributed by atoms with Gasteiger partial charge in [-0.2, -0.15) is 17.5 Å². The summed E-state index contributed by atoms with van der Waals surface area (Å²) in [6.45, 7) is 8.06. The van der Waals surface area contributed by atoms with Crippen LogP contribution in [0.1, 0.15) is 48.8 Å². The predicted octanol–water partition coefficient (Wildman–Crippen LogP) is 4.68. The van der Waals surface area contributed by atoms with Gasteiger partial charge in [0.05, 0.1) is 16.0 Å². The molecule has 37 heavy (non-hydrogen) atoms. The van der Waals surface area contributed by atoms with E-state index in [1.165, 1.54) is 4.31 Å². The van der Waals surface area contributed by atoms with Crippen molar-refractivity contribution in [3.63, 3.8) is 0 Å². The Morgan fingerprint density at radius 3 is 2.35 bits per heavy atom. The smallest absolute Gasteiger partial charge is 0.382 e. The van der Waals surface area contributed by atoms with Gasteiger partial charge in [-0.1, -0.05) is 0 Å². The van der Waals surface area contributed by atoms with Gasteiger partial charge in [-0.15, -0.1) is 0 Å². The van der Waals surface area contributed by atoms with E-state index in [2.05, 4.69) is 9.55 Å². The molecule has 1 saturated heterocycles. The van der Waals surface area contributed by atoms with E-state index in [0.29, 0.717) is 57.0 Å². The lowest BCUT2D eigenvalue weighted by Gasteiger charge is -2.31. The van der Waals surface area contributed by atoms with Gasteiger partial charge in [0.15, 0.2) is 5.82 Å². The first-order valence-corrected chi connectivity index (χ1v) is 13.7. The summed E-state index contributed by atoms with van der Waals surface area (Å²) in [4.78, 5) is 8.99. The lowest BCUT2D eigenvalue weighted by molar-refractivity contribution is -0.137. The molecule has 0 radical (unpaired) electrons. The summed E-state index contributed by atoms with van der Waals surface area (Å²) in [6, 6.07) is 3.67. The molecule has 3 aromatic rings. The first-order valence-electron chi connectivity index (χ1n) is 12.3. The van der Waals surface area contributed by atoms with Crippen molar-refractivity contribution in [2.24, 2.45) is 5.92 Å². The third-order valence-electron chi connectivity index (χ3n) is 7.06. The standard InChI is InChI=1S/C25H32F3N5O3S/c1-4-36-15-21-31-22-23(16(2)17(3)30-24(22)29)33(21)14-11-18-9-12-32(13-10-18)37(34,35)20-7-5-19(6-8-20)25(26,27)28/h5-8,18H,4,9-15H2,1-3H3,(H2,29,30). The molecule has 4 rings (SSSR count). The molecule has 1 aromatic carbocycles. The molecule has 0 spiro atoms. The van der Waals surface area contributed by atoms with Crippen LogP contribution in [0, 0.1) is 19.8 Å². The highest BCUT2D eigenvalue weighted by atomic mass is 32.2. The Morgan fingerprint density at radius 2 is 1.76 bits per heavy atom. The van der Waals surface area contributed by atoms with Crippen LogP contribution in [0.15, 0.2) is 29.2 Å². The molecule has 8 nitrogen and oxygen atoms in total. The van der Waals surface area contributed by atoms with Gasteiger partial charge in [-0.25, -0.2) is 18.4 Å². The van der Waals surface area contributed by atoms with Gasteiger partial charge < -0.3 is 15.0 Å². The van der Waals surface area contributed by atoms with Gasteiger partial charge in [-0.05, 0) is 75.8 Å². The molecule has 2 N–H and O–H groups in total. The number of aryl methyl sites for hydroxylation is 3. The molecule has 0 atom stereocenters. The largest absolute Gasteiger partial charge is 0.416 e. The number of nitrogens with zero attached hydrogens (tertiary/aromatic N) is 4. The molecular formula is C25H32F3N5O3S. The van der Waals surface area contributed by atoms with Gasteiger partial charge in [0.1, 0.15) is 17.9 Å². The molecule has 2 aromatic heterocycles. The number of aromatic nitrogens is 3. The number of anilines is 1. The normalized spacial score (nSPS) is 16.1. The molecule has 3 heterocycles. The SMILES string of the molecule is CCOCc1nc2c(N)nc(C)c(C)c2n1CCC1CCN(S(=O)(=O)c2ccc(C(F)(F)F)cc2)CC1. The van der Waals surface area contributed by atoms with E-state index >= 15 is 0 Å². The van der Waals surface area contributed by atoms with Crippen LogP contribution in [0.3, 0.4) is 0 Å². The number of nitrogens with two attached hydrogens (primary N) is 1. The molecule has 0 amide bonds. The second-order valence-electron chi connectivity index (χ2n) is 9.38. The lowest BCUT2D eigenvalue weighted by Crippen LogP contribution is -2.38. The maximum Gasteiger partial charge on any atom is 0.416 e. The van der Waals surface area contributed by atoms with E-state index in [1.807, 2.05) is 20.8 Å². The first kappa shape index (κ1) is 27.3. The van der Waals surface area contributed by atoms with E-state index in [9.17, 15) is 21.6 Å². The molecule has 1 aliphatic heterocycles. The monoisotopic (exact) mass is 539 g/mol. The van der Waals surface area contributed by atoms with Gasteiger partial charge in [0.2, 0.25) is 10.0 Å². The van der Waals surface area contributed by atoms with Crippen molar-refractivity contribution in [1.29, 1.82) is 0 Å². The predicted molar refractivity (Wildman–Crippen MR) is 134 cm³/mol. The lowest BCUT2D eigenvalue weighted by atomic mass is 9.94. The zero-order valence-corrected chi connectivity index (χ0v) is 22.0. The Balaban J connectivity index is 1.45. The maximum absolute atomic E-state index is 13.0. The number of pyridine rings is 1. The van der Waals surface area contributed by atoms with Gasteiger partial charge in [-0.3, -0.25) is 0 Å². The topological polar surface area (TPSA) is 103 Å². The summed E-state index contributed by atoms with van der Waals surface area (Å²) in [5.74, 6) is 1.45. The number of benzene rings is 1. The number of alkyl halides is 3. The summed E-state index contributed by atoms with van der Waals surface area (Å²) < 4.78 is 73.6. The molecule has 0 bridgehead atoms. The van der Waals surface area contributed by atoms with Gasteiger partial charge >= 0.3 is 6.18 Å². The first-order chi connectivity index (χ1) is 17.4. The van der Waals surface area contributed by atoms with E-state index in [4.69, 9.17) is 15.5 Å². The average molecular weight is 540 g/mol. The molecule has 12 heteroatoms. The summed E-state index contributed by atoms with van der Waals surface area (Å²) >= 11 is 0. The summed E-state index contributed by atoms with van der Waals surface area (Å²) in [5, 5.41) is 0. The molecule has 0 saturated carbocycles. The Morgan fingerprint density at radius 1 is 1.11 bits per heavy atom. The third-order valence-corrected chi connectivity index (χ3v) is 8.98. The number of imidazole rings is 1. The van der Waals surface area contributed by atoms with Crippen LogP contribution in [0.2, 0.25) is 0 Å². The van der Waals surface area contributed by atoms with E-state index in [1.54, 1.807) is 0 Å². The Hall–Kier alpha value is -2.70. The van der Waals surface area contributed by atoms with E-state index in [0.717, 1.165) is 53.3 Å². The summed E-state index contributed by atoms with van der Waals surface area (Å²) in [6.07, 6.45) is -2.37. The number of ether oxygens (including phenoxy) is 1. The fraction of sp³-hybridized carbons (Fsp3) is 0.520. The van der Waals surface area contributed by atoms with Crippen molar-refractivity contribution < 1.29 is 26.3 Å². The van der Waals surface area contributed by atoms with Crippen LogP contribution in [0.25, 0.3) is 11.0 Å². The number of nitrogen functional groups attached to an aromatic ring is 1. The number of rotatable bonds is 8. The van der Waals surface area contributed by atoms with Gasteiger partial charge in [0.25, 0.3) is 0 Å². The van der Waals surface area contributed by atoms with E-state index in [-0.39, 0.29) is 10.8 Å². The second kappa shape index (κ2) is 10.6. The zero-order valence-electron chi connectivity index (χ0n) is 21.2. The number of hydrogen-bond donors (Lipinski definition) is 1. The summed E-state index contributed by atoms with van der Waals surface area (Å²) in [7, 11) is -3.85. The quantitative estimate of drug-likeness (QED) is 0.446. The van der Waals surface area contributed by atoms with Crippen LogP contribution < -0.4 is 5.73 Å². The third kappa shape index (κ3) is 5.60. The number of piperidine rings is 1. The van der Waals surface area contributed by atoms with Crippen LogP contribution >= 0.6 is 0 Å². The number of fused-ring (bicyclic) bond motifs is 1. The second-order valence-corrected chi connectivity index (χ2v) is 11.3. The molecule has 202 valence electrons. The minimum absolute atomic E-state index is 0.124. The van der Waals surface area contributed by atoms with Crippen molar-refractivity contribution in [2.45, 2.75) is 64.3 Å². The Bertz CT molecular complexity index is 1360. The number of halogens is 3. The maximum atomic E-state index is 13.0. The Kier molecular flexibility index (Phi) is 7.82. The zero-order chi connectivity index (χ0) is 27.0. The molecular weight excluding hydrogens is 507 g/mol.